The number of likely N-dealkylation sites (tertiary alicyclic amines) is 1. The molecule has 4 heterocycles. The molecule has 0 bridgehead atoms. The Morgan fingerprint density at radius 2 is 1.85 bits per heavy atom. The van der Waals surface area contributed by atoms with Crippen LogP contribution in [0.15, 0.2) is 41.6 Å². The molecule has 52 heavy (non-hydrogen) atoms. The van der Waals surface area contributed by atoms with Crippen molar-refractivity contribution in [3.05, 3.63) is 64.3 Å². The van der Waals surface area contributed by atoms with Crippen molar-refractivity contribution in [1.29, 1.82) is 0 Å². The molecule has 12 heteroatoms. The van der Waals surface area contributed by atoms with Gasteiger partial charge >= 0.3 is 0 Å². The zero-order valence-corrected chi connectivity index (χ0v) is 32.2. The van der Waals surface area contributed by atoms with Crippen LogP contribution >= 0.6 is 0 Å². The van der Waals surface area contributed by atoms with Crippen LogP contribution in [-0.2, 0) is 20.7 Å². The first-order valence-corrected chi connectivity index (χ1v) is 19.6. The maximum Gasteiger partial charge on any atom is 0.213 e. The van der Waals surface area contributed by atoms with E-state index in [-0.39, 0.29) is 6.04 Å². The third-order valence-corrected chi connectivity index (χ3v) is 10.8. The van der Waals surface area contributed by atoms with Crippen molar-refractivity contribution >= 4 is 6.41 Å². The molecular weight excluding hydrogens is 656 g/mol. The van der Waals surface area contributed by atoms with Gasteiger partial charge in [-0.15, -0.1) is 0 Å². The van der Waals surface area contributed by atoms with E-state index < -0.39 is 0 Å². The first kappa shape index (κ1) is 39.9. The third kappa shape index (κ3) is 11.9. The molecule has 3 aliphatic rings. The lowest BCUT2D eigenvalue weighted by Crippen LogP contribution is -2.47. The Hall–Kier alpha value is -3.29. The molecule has 2 aliphatic heterocycles. The minimum absolute atomic E-state index is 0.223. The van der Waals surface area contributed by atoms with E-state index in [1.807, 2.05) is 13.0 Å². The molecule has 2 aromatic rings. The van der Waals surface area contributed by atoms with Gasteiger partial charge in [0, 0.05) is 88.0 Å². The molecule has 5 rings (SSSR count). The maximum absolute atomic E-state index is 10.5. The fourth-order valence-corrected chi connectivity index (χ4v) is 7.83. The Balaban J connectivity index is 1.14. The summed E-state index contributed by atoms with van der Waals surface area (Å²) in [6.45, 7) is 21.4. The van der Waals surface area contributed by atoms with Crippen molar-refractivity contribution in [2.24, 2.45) is 17.6 Å². The standard InChI is InChI=1S/C40H64N8O4/c1-5-35(28-46-13-10-34(27-46)29-52-40-9-8-36(33(4)43-40)7-6-12-42-30-49)37-24-38(26-39(25-37)48-32(3)23-31(2)44-48)47-16-14-45(15-17-47)18-20-51-22-21-50-19-11-41/h8-9,23-24,26,30,34-35,39H,5-7,10-22,25,27-29,41H2,1-4H3,(H,42,49). The molecule has 2 fully saturated rings. The van der Waals surface area contributed by atoms with Gasteiger partial charge in [-0.2, -0.15) is 5.10 Å². The normalized spacial score (nSPS) is 20.5. The van der Waals surface area contributed by atoms with E-state index in [0.29, 0.717) is 57.2 Å². The van der Waals surface area contributed by atoms with Crippen LogP contribution in [0.3, 0.4) is 0 Å². The average molecular weight is 721 g/mol. The molecule has 12 nitrogen and oxygen atoms in total. The molecule has 3 atom stereocenters. The second-order valence-electron chi connectivity index (χ2n) is 14.7. The molecule has 0 spiro atoms. The zero-order chi connectivity index (χ0) is 36.7. The highest BCUT2D eigenvalue weighted by atomic mass is 16.5. The lowest BCUT2D eigenvalue weighted by molar-refractivity contribution is -0.109. The zero-order valence-electron chi connectivity index (χ0n) is 32.2. The number of hydrogen-bond acceptors (Lipinski definition) is 10. The van der Waals surface area contributed by atoms with Crippen LogP contribution in [0.4, 0.5) is 0 Å². The highest BCUT2D eigenvalue weighted by Crippen LogP contribution is 2.35. The number of allylic oxidation sites excluding steroid dienone is 2. The van der Waals surface area contributed by atoms with Gasteiger partial charge in [-0.25, -0.2) is 4.98 Å². The number of ether oxygens (including phenoxy) is 3. The Morgan fingerprint density at radius 3 is 2.56 bits per heavy atom. The Labute approximate surface area is 311 Å². The number of rotatable bonds is 22. The SMILES string of the molecule is CCC(CN1CCC(COc2ccc(CCCNC=O)c(C)n2)C1)C1=CC(N2CCN(CCOCCOCCN)CC2)=CC(n2nc(C)cc2C)C1. The predicted molar refractivity (Wildman–Crippen MR) is 205 cm³/mol. The minimum atomic E-state index is 0.223. The lowest BCUT2D eigenvalue weighted by atomic mass is 9.86. The van der Waals surface area contributed by atoms with Gasteiger partial charge < -0.3 is 35.1 Å². The first-order valence-electron chi connectivity index (χ1n) is 19.6. The van der Waals surface area contributed by atoms with Crippen LogP contribution in [0.25, 0.3) is 0 Å². The Morgan fingerprint density at radius 1 is 1.04 bits per heavy atom. The van der Waals surface area contributed by atoms with Gasteiger partial charge in [0.1, 0.15) is 0 Å². The van der Waals surface area contributed by atoms with E-state index in [1.165, 1.54) is 17.0 Å². The number of nitrogens with zero attached hydrogens (tertiary/aromatic N) is 6. The second-order valence-corrected chi connectivity index (χ2v) is 14.7. The number of nitrogens with two attached hydrogens (primary N) is 1. The van der Waals surface area contributed by atoms with Crippen LogP contribution in [0.5, 0.6) is 5.88 Å². The van der Waals surface area contributed by atoms with Gasteiger partial charge in [0.05, 0.1) is 44.8 Å². The topological polar surface area (TPSA) is 123 Å². The van der Waals surface area contributed by atoms with Gasteiger partial charge in [0.25, 0.3) is 0 Å². The van der Waals surface area contributed by atoms with Gasteiger partial charge in [0.15, 0.2) is 0 Å². The van der Waals surface area contributed by atoms with Crippen molar-refractivity contribution in [2.75, 3.05) is 98.5 Å². The molecule has 0 radical (unpaired) electrons. The van der Waals surface area contributed by atoms with E-state index in [9.17, 15) is 4.79 Å². The van der Waals surface area contributed by atoms with Crippen LogP contribution < -0.4 is 15.8 Å². The number of aryl methyl sites for hydroxylation is 4. The molecule has 2 aromatic heterocycles. The summed E-state index contributed by atoms with van der Waals surface area (Å²) in [4.78, 5) is 23.0. The fraction of sp³-hybridized carbons (Fsp3) is 0.675. The van der Waals surface area contributed by atoms with Crippen molar-refractivity contribution < 1.29 is 19.0 Å². The molecule has 288 valence electrons. The number of carbonyl (C=O) groups excluding carboxylic acids is 1. The monoisotopic (exact) mass is 721 g/mol. The average Bonchev–Trinajstić information content (AvgIpc) is 3.76. The van der Waals surface area contributed by atoms with Gasteiger partial charge in [-0.3, -0.25) is 14.4 Å². The summed E-state index contributed by atoms with van der Waals surface area (Å²) in [7, 11) is 0. The number of amides is 1. The summed E-state index contributed by atoms with van der Waals surface area (Å²) in [6.07, 6.45) is 10.8. The summed E-state index contributed by atoms with van der Waals surface area (Å²) < 4.78 is 19.7. The molecule has 0 saturated carbocycles. The third-order valence-electron chi connectivity index (χ3n) is 10.8. The number of nitrogens with one attached hydrogen (secondary N) is 1. The van der Waals surface area contributed by atoms with Gasteiger partial charge in [-0.1, -0.05) is 18.6 Å². The van der Waals surface area contributed by atoms with Crippen LogP contribution in [0.1, 0.15) is 61.3 Å². The lowest BCUT2D eigenvalue weighted by Gasteiger charge is -2.39. The van der Waals surface area contributed by atoms with E-state index >= 15 is 0 Å². The second kappa shape index (κ2) is 20.8. The van der Waals surface area contributed by atoms with Crippen LogP contribution in [0.2, 0.25) is 0 Å². The number of hydrogen-bond donors (Lipinski definition) is 2. The largest absolute Gasteiger partial charge is 0.477 e. The number of carbonyl (C=O) groups is 1. The molecule has 0 aromatic carbocycles. The summed E-state index contributed by atoms with van der Waals surface area (Å²) in [5.41, 5.74) is 12.9. The fourth-order valence-electron chi connectivity index (χ4n) is 7.83. The Bertz CT molecular complexity index is 1450. The Kier molecular flexibility index (Phi) is 16.0. The summed E-state index contributed by atoms with van der Waals surface area (Å²) in [5.74, 6) is 1.70. The summed E-state index contributed by atoms with van der Waals surface area (Å²) in [5, 5.41) is 7.67. The molecule has 3 unspecified atom stereocenters. The summed E-state index contributed by atoms with van der Waals surface area (Å²) >= 11 is 0. The molecule has 1 amide bonds. The highest BCUT2D eigenvalue weighted by molar-refractivity contribution is 5.45. The maximum atomic E-state index is 10.5. The van der Waals surface area contributed by atoms with Gasteiger partial charge in [-0.05, 0) is 89.1 Å². The number of aromatic nitrogens is 3. The van der Waals surface area contributed by atoms with E-state index in [1.54, 1.807) is 5.57 Å². The molecule has 2 saturated heterocycles. The predicted octanol–water partition coefficient (Wildman–Crippen LogP) is 3.67. The van der Waals surface area contributed by atoms with Crippen molar-refractivity contribution in [3.8, 4) is 5.88 Å². The highest BCUT2D eigenvalue weighted by Gasteiger charge is 2.30. The van der Waals surface area contributed by atoms with E-state index in [2.05, 4.69) is 69.8 Å². The first-order chi connectivity index (χ1) is 25.4. The smallest absolute Gasteiger partial charge is 0.213 e. The molecule has 1 aliphatic carbocycles. The van der Waals surface area contributed by atoms with E-state index in [0.717, 1.165) is 109 Å². The van der Waals surface area contributed by atoms with Crippen molar-refractivity contribution in [3.63, 3.8) is 0 Å². The molecule has 3 N–H and O–H groups in total. The number of piperazine rings is 1. The van der Waals surface area contributed by atoms with E-state index in [4.69, 9.17) is 30.0 Å². The quantitative estimate of drug-likeness (QED) is 0.138. The number of pyridine rings is 1. The summed E-state index contributed by atoms with van der Waals surface area (Å²) in [6, 6.07) is 6.53. The molecular formula is C40H64N8O4. The minimum Gasteiger partial charge on any atom is -0.477 e. The van der Waals surface area contributed by atoms with Crippen molar-refractivity contribution in [1.82, 2.24) is 34.8 Å². The van der Waals surface area contributed by atoms with Gasteiger partial charge in [0.2, 0.25) is 12.3 Å². The van der Waals surface area contributed by atoms with Crippen LogP contribution in [-0.4, -0.2) is 134 Å². The van der Waals surface area contributed by atoms with Crippen molar-refractivity contribution in [2.45, 2.75) is 65.8 Å². The van der Waals surface area contributed by atoms with Crippen LogP contribution in [0, 0.1) is 32.6 Å².